The van der Waals surface area contributed by atoms with Gasteiger partial charge in [-0.25, -0.2) is 4.98 Å². The van der Waals surface area contributed by atoms with Gasteiger partial charge in [0, 0.05) is 23.5 Å². The van der Waals surface area contributed by atoms with Gasteiger partial charge in [0.2, 0.25) is 0 Å². The minimum atomic E-state index is -0.714. The number of nitrogens with zero attached hydrogens (tertiary/aromatic N) is 2. The maximum Gasteiger partial charge on any atom is 0.290 e. The molecule has 1 heterocycles. The summed E-state index contributed by atoms with van der Waals surface area (Å²) in [6.07, 6.45) is 1.41. The first-order chi connectivity index (χ1) is 9.88. The van der Waals surface area contributed by atoms with Crippen LogP contribution in [0.3, 0.4) is 0 Å². The van der Waals surface area contributed by atoms with Crippen molar-refractivity contribution in [2.75, 3.05) is 5.32 Å². The Balaban J connectivity index is 2.33. The van der Waals surface area contributed by atoms with Crippen molar-refractivity contribution in [1.29, 1.82) is 0 Å². The first kappa shape index (κ1) is 15.5. The number of nitro groups is 1. The predicted molar refractivity (Wildman–Crippen MR) is 80.3 cm³/mol. The molecule has 0 saturated carbocycles. The number of anilines is 1. The average Bonchev–Trinajstić information content (AvgIpc) is 2.41. The fourth-order valence-electron chi connectivity index (χ4n) is 1.52. The molecule has 1 amide bonds. The van der Waals surface area contributed by atoms with Crippen LogP contribution in [0.1, 0.15) is 10.4 Å². The number of nitrogens with one attached hydrogen (secondary N) is 1. The second-order valence-electron chi connectivity index (χ2n) is 3.87. The molecule has 2 aromatic rings. The molecule has 0 unspecified atom stereocenters. The highest BCUT2D eigenvalue weighted by Crippen LogP contribution is 2.33. The van der Waals surface area contributed by atoms with Crippen LogP contribution in [0.4, 0.5) is 11.4 Å². The molecular weight excluding hydrogens is 341 g/mol. The summed E-state index contributed by atoms with van der Waals surface area (Å²) in [5.74, 6) is -0.584. The van der Waals surface area contributed by atoms with E-state index < -0.39 is 16.5 Å². The number of aromatic nitrogens is 1. The van der Waals surface area contributed by atoms with Crippen molar-refractivity contribution in [2.45, 2.75) is 0 Å². The SMILES string of the molecule is O=C(Nc1ccnc(Cl)c1)c1cc(Cl)c(Cl)c([N+](=O)[O-])c1. The summed E-state index contributed by atoms with van der Waals surface area (Å²) >= 11 is 17.2. The number of pyridine rings is 1. The number of nitro benzene ring substituents is 1. The molecule has 0 bridgehead atoms. The molecule has 0 spiro atoms. The molecule has 0 fully saturated rings. The predicted octanol–water partition coefficient (Wildman–Crippen LogP) is 4.20. The third kappa shape index (κ3) is 3.60. The minimum absolute atomic E-state index is 0.00374. The lowest BCUT2D eigenvalue weighted by Crippen LogP contribution is -2.12. The van der Waals surface area contributed by atoms with Crippen molar-refractivity contribution >= 4 is 52.1 Å². The zero-order valence-corrected chi connectivity index (χ0v) is 12.4. The van der Waals surface area contributed by atoms with E-state index >= 15 is 0 Å². The van der Waals surface area contributed by atoms with Crippen molar-refractivity contribution in [3.05, 3.63) is 61.3 Å². The number of carbonyl (C=O) groups is 1. The monoisotopic (exact) mass is 345 g/mol. The lowest BCUT2D eigenvalue weighted by atomic mass is 10.2. The summed E-state index contributed by atoms with van der Waals surface area (Å²) in [6, 6.07) is 5.25. The van der Waals surface area contributed by atoms with E-state index in [9.17, 15) is 14.9 Å². The number of benzene rings is 1. The van der Waals surface area contributed by atoms with E-state index in [0.29, 0.717) is 5.69 Å². The second kappa shape index (κ2) is 6.26. The molecule has 0 aliphatic rings. The zero-order valence-electron chi connectivity index (χ0n) is 10.1. The number of hydrogen-bond donors (Lipinski definition) is 1. The lowest BCUT2D eigenvalue weighted by molar-refractivity contribution is -0.384. The van der Waals surface area contributed by atoms with Crippen molar-refractivity contribution in [3.63, 3.8) is 0 Å². The summed E-state index contributed by atoms with van der Waals surface area (Å²) in [7, 11) is 0. The van der Waals surface area contributed by atoms with Gasteiger partial charge in [-0.2, -0.15) is 0 Å². The van der Waals surface area contributed by atoms with Crippen LogP contribution in [0.25, 0.3) is 0 Å². The summed E-state index contributed by atoms with van der Waals surface area (Å²) < 4.78 is 0. The van der Waals surface area contributed by atoms with Crippen LogP contribution in [-0.4, -0.2) is 15.8 Å². The highest BCUT2D eigenvalue weighted by Gasteiger charge is 2.20. The Labute approximate surface area is 133 Å². The standard InChI is InChI=1S/C12H6Cl3N3O3/c13-8-3-6(4-9(11(8)15)18(20)21)12(19)17-7-1-2-16-10(14)5-7/h1-5H,(H,16,17,19). The van der Waals surface area contributed by atoms with Gasteiger partial charge in [-0.05, 0) is 18.2 Å². The van der Waals surface area contributed by atoms with Gasteiger partial charge in [0.25, 0.3) is 11.6 Å². The van der Waals surface area contributed by atoms with E-state index in [4.69, 9.17) is 34.8 Å². The summed E-state index contributed by atoms with van der Waals surface area (Å²) in [5, 5.41) is 13.3. The first-order valence-electron chi connectivity index (χ1n) is 5.45. The van der Waals surface area contributed by atoms with Gasteiger partial charge in [0.05, 0.1) is 9.95 Å². The van der Waals surface area contributed by atoms with E-state index in [1.807, 2.05) is 0 Å². The Kier molecular flexibility index (Phi) is 4.62. The van der Waals surface area contributed by atoms with Crippen molar-refractivity contribution in [1.82, 2.24) is 4.98 Å². The molecule has 0 aliphatic heterocycles. The molecule has 0 radical (unpaired) electrons. The van der Waals surface area contributed by atoms with Gasteiger partial charge in [-0.1, -0.05) is 34.8 Å². The van der Waals surface area contributed by atoms with Crippen LogP contribution < -0.4 is 5.32 Å². The number of carbonyl (C=O) groups excluding carboxylic acids is 1. The number of halogens is 3. The number of rotatable bonds is 3. The molecule has 9 heteroatoms. The van der Waals surface area contributed by atoms with Gasteiger partial charge in [0.15, 0.2) is 0 Å². The van der Waals surface area contributed by atoms with E-state index in [0.717, 1.165) is 6.07 Å². The molecule has 6 nitrogen and oxygen atoms in total. The van der Waals surface area contributed by atoms with E-state index in [1.54, 1.807) is 0 Å². The Morgan fingerprint density at radius 3 is 2.57 bits per heavy atom. The van der Waals surface area contributed by atoms with E-state index in [-0.39, 0.29) is 20.8 Å². The smallest absolute Gasteiger partial charge is 0.290 e. The number of amides is 1. The van der Waals surface area contributed by atoms with Gasteiger partial charge < -0.3 is 5.32 Å². The molecule has 0 saturated heterocycles. The quantitative estimate of drug-likeness (QED) is 0.512. The normalized spacial score (nSPS) is 10.2. The average molecular weight is 347 g/mol. The number of hydrogen-bond acceptors (Lipinski definition) is 4. The van der Waals surface area contributed by atoms with Crippen molar-refractivity contribution in [3.8, 4) is 0 Å². The minimum Gasteiger partial charge on any atom is -0.322 e. The molecule has 21 heavy (non-hydrogen) atoms. The van der Waals surface area contributed by atoms with Gasteiger partial charge in [0.1, 0.15) is 10.2 Å². The van der Waals surface area contributed by atoms with E-state index in [2.05, 4.69) is 10.3 Å². The molecular formula is C12H6Cl3N3O3. The third-order valence-corrected chi connectivity index (χ3v) is 3.45. The summed E-state index contributed by atoms with van der Waals surface area (Å²) in [4.78, 5) is 26.0. The molecule has 1 aromatic heterocycles. The van der Waals surface area contributed by atoms with Gasteiger partial charge in [-0.15, -0.1) is 0 Å². The van der Waals surface area contributed by atoms with Crippen molar-refractivity contribution < 1.29 is 9.72 Å². The third-order valence-electron chi connectivity index (χ3n) is 2.45. The molecule has 1 N–H and O–H groups in total. The molecule has 108 valence electrons. The van der Waals surface area contributed by atoms with Gasteiger partial charge >= 0.3 is 0 Å². The maximum atomic E-state index is 12.1. The van der Waals surface area contributed by atoms with Gasteiger partial charge in [-0.3, -0.25) is 14.9 Å². The fourth-order valence-corrected chi connectivity index (χ4v) is 2.09. The van der Waals surface area contributed by atoms with Crippen LogP contribution in [-0.2, 0) is 0 Å². The summed E-state index contributed by atoms with van der Waals surface area (Å²) in [5.41, 5.74) is -0.0418. The van der Waals surface area contributed by atoms with Crippen LogP contribution in [0.15, 0.2) is 30.5 Å². The summed E-state index contributed by atoms with van der Waals surface area (Å²) in [6.45, 7) is 0. The second-order valence-corrected chi connectivity index (χ2v) is 5.04. The largest absolute Gasteiger partial charge is 0.322 e. The molecule has 0 atom stereocenters. The molecule has 0 aliphatic carbocycles. The molecule has 2 rings (SSSR count). The highest BCUT2D eigenvalue weighted by atomic mass is 35.5. The van der Waals surface area contributed by atoms with Crippen molar-refractivity contribution in [2.24, 2.45) is 0 Å². The Morgan fingerprint density at radius 1 is 1.24 bits per heavy atom. The first-order valence-corrected chi connectivity index (χ1v) is 6.58. The highest BCUT2D eigenvalue weighted by molar-refractivity contribution is 6.43. The Morgan fingerprint density at radius 2 is 1.95 bits per heavy atom. The van der Waals surface area contributed by atoms with E-state index in [1.165, 1.54) is 24.4 Å². The zero-order chi connectivity index (χ0) is 15.6. The lowest BCUT2D eigenvalue weighted by Gasteiger charge is -2.06. The maximum absolute atomic E-state index is 12.1. The van der Waals surface area contributed by atoms with Crippen LogP contribution >= 0.6 is 34.8 Å². The topological polar surface area (TPSA) is 85.1 Å². The molecule has 1 aromatic carbocycles. The van der Waals surface area contributed by atoms with Crippen LogP contribution in [0.2, 0.25) is 15.2 Å². The Bertz CT molecular complexity index is 737. The fraction of sp³-hybridized carbons (Fsp3) is 0. The van der Waals surface area contributed by atoms with Crippen LogP contribution in [0, 0.1) is 10.1 Å². The Hall–Kier alpha value is -1.89. The van der Waals surface area contributed by atoms with Crippen LogP contribution in [0.5, 0.6) is 0 Å².